The Morgan fingerprint density at radius 1 is 1.03 bits per heavy atom. The van der Waals surface area contributed by atoms with E-state index < -0.39 is 0 Å². The van der Waals surface area contributed by atoms with Crippen molar-refractivity contribution in [3.05, 3.63) is 78.0 Å². The molecule has 162 valence electrons. The molecule has 0 radical (unpaired) electrons. The molecular formula is C26H27N5O. The molecule has 3 heterocycles. The molecule has 1 aromatic carbocycles. The van der Waals surface area contributed by atoms with Crippen LogP contribution in [0.2, 0.25) is 0 Å². The minimum atomic E-state index is 0.0558. The van der Waals surface area contributed by atoms with Gasteiger partial charge in [-0.2, -0.15) is 0 Å². The molecule has 0 fully saturated rings. The summed E-state index contributed by atoms with van der Waals surface area (Å²) in [7, 11) is 0. The number of aryl methyl sites for hydroxylation is 1. The molecule has 2 atom stereocenters. The third kappa shape index (κ3) is 4.49. The molecule has 4 rings (SSSR count). The Hall–Kier alpha value is -3.67. The van der Waals surface area contributed by atoms with Crippen LogP contribution >= 0.6 is 0 Å². The maximum atomic E-state index is 12.0. The molecule has 3 aromatic heterocycles. The Labute approximate surface area is 188 Å². The number of fused-ring (bicyclic) bond motifs is 1. The lowest BCUT2D eigenvalue weighted by Gasteiger charge is -2.22. The monoisotopic (exact) mass is 425 g/mol. The van der Waals surface area contributed by atoms with Crippen molar-refractivity contribution < 1.29 is 4.79 Å². The van der Waals surface area contributed by atoms with Crippen LogP contribution in [0.4, 0.5) is 5.82 Å². The van der Waals surface area contributed by atoms with Gasteiger partial charge in [0.15, 0.2) is 5.78 Å². The first-order chi connectivity index (χ1) is 15.4. The summed E-state index contributed by atoms with van der Waals surface area (Å²) in [5.41, 5.74) is 5.54. The number of anilines is 1. The number of ketones is 1. The minimum absolute atomic E-state index is 0.0558. The second-order valence-corrected chi connectivity index (χ2v) is 8.28. The molecule has 0 aliphatic heterocycles. The van der Waals surface area contributed by atoms with E-state index in [1.165, 1.54) is 0 Å². The van der Waals surface area contributed by atoms with E-state index in [-0.39, 0.29) is 11.7 Å². The number of pyridine rings is 2. The van der Waals surface area contributed by atoms with Gasteiger partial charge in [-0.05, 0) is 49.4 Å². The summed E-state index contributed by atoms with van der Waals surface area (Å²) < 4.78 is 0. The van der Waals surface area contributed by atoms with Gasteiger partial charge in [0, 0.05) is 47.2 Å². The van der Waals surface area contributed by atoms with E-state index in [1.807, 2.05) is 43.5 Å². The minimum Gasteiger partial charge on any atom is -0.370 e. The lowest BCUT2D eigenvalue weighted by molar-refractivity contribution is 0.101. The van der Waals surface area contributed by atoms with Crippen LogP contribution in [-0.4, -0.2) is 32.3 Å². The number of nitrogens with zero attached hydrogens (tertiary/aromatic N) is 4. The molecule has 0 amide bonds. The van der Waals surface area contributed by atoms with E-state index in [0.717, 1.165) is 45.8 Å². The van der Waals surface area contributed by atoms with Gasteiger partial charge in [0.1, 0.15) is 12.1 Å². The standard InChI is InChI=1S/C26H27N5O/c1-16(13-29-25-12-24(30-15-31-25)20-9-8-17(2)28-14-20)18(3)21-6-5-7-23-22(19(4)32)10-11-27-26(21)23/h5-12,14-16,18H,13H2,1-4H3,(H,29,30,31)/t16-,18?/m1/s1. The Bertz CT molecular complexity index is 1250. The van der Waals surface area contributed by atoms with Gasteiger partial charge in [-0.3, -0.25) is 14.8 Å². The molecule has 6 nitrogen and oxygen atoms in total. The number of aromatic nitrogens is 4. The van der Waals surface area contributed by atoms with Crippen LogP contribution in [0.1, 0.15) is 48.3 Å². The van der Waals surface area contributed by atoms with Crippen molar-refractivity contribution >= 4 is 22.5 Å². The summed E-state index contributed by atoms with van der Waals surface area (Å²) in [4.78, 5) is 29.7. The van der Waals surface area contributed by atoms with Crippen molar-refractivity contribution in [2.45, 2.75) is 33.6 Å². The summed E-state index contributed by atoms with van der Waals surface area (Å²) in [5, 5.41) is 4.36. The maximum absolute atomic E-state index is 12.0. The van der Waals surface area contributed by atoms with Crippen LogP contribution < -0.4 is 5.32 Å². The highest BCUT2D eigenvalue weighted by atomic mass is 16.1. The molecule has 0 aliphatic rings. The first kappa shape index (κ1) is 21.6. The van der Waals surface area contributed by atoms with E-state index >= 15 is 0 Å². The summed E-state index contributed by atoms with van der Waals surface area (Å²) in [6.45, 7) is 8.71. The summed E-state index contributed by atoms with van der Waals surface area (Å²) in [6.07, 6.45) is 5.12. The largest absolute Gasteiger partial charge is 0.370 e. The second kappa shape index (κ2) is 9.22. The third-order valence-electron chi connectivity index (χ3n) is 6.01. The number of hydrogen-bond acceptors (Lipinski definition) is 6. The Morgan fingerprint density at radius 2 is 1.88 bits per heavy atom. The molecule has 1 unspecified atom stereocenters. The fourth-order valence-corrected chi connectivity index (χ4v) is 3.85. The van der Waals surface area contributed by atoms with Gasteiger partial charge in [-0.1, -0.05) is 32.0 Å². The Kier molecular flexibility index (Phi) is 6.21. The lowest BCUT2D eigenvalue weighted by atomic mass is 9.86. The zero-order valence-electron chi connectivity index (χ0n) is 18.8. The first-order valence-electron chi connectivity index (χ1n) is 10.8. The van der Waals surface area contributed by atoms with Gasteiger partial charge in [-0.25, -0.2) is 9.97 Å². The number of carbonyl (C=O) groups is 1. The number of rotatable bonds is 7. The molecule has 0 aliphatic carbocycles. The van der Waals surface area contributed by atoms with Crippen molar-refractivity contribution in [3.63, 3.8) is 0 Å². The quantitative estimate of drug-likeness (QED) is 0.397. The van der Waals surface area contributed by atoms with Gasteiger partial charge < -0.3 is 5.32 Å². The highest BCUT2D eigenvalue weighted by molar-refractivity contribution is 6.06. The number of Topliss-reactive ketones (excluding diaryl/α,β-unsaturated/α-hetero) is 1. The van der Waals surface area contributed by atoms with Gasteiger partial charge >= 0.3 is 0 Å². The Balaban J connectivity index is 1.51. The zero-order valence-corrected chi connectivity index (χ0v) is 18.8. The van der Waals surface area contributed by atoms with Gasteiger partial charge in [0.2, 0.25) is 0 Å². The predicted molar refractivity (Wildman–Crippen MR) is 128 cm³/mol. The van der Waals surface area contributed by atoms with Crippen LogP contribution in [0.25, 0.3) is 22.2 Å². The number of hydrogen-bond donors (Lipinski definition) is 1. The molecular weight excluding hydrogens is 398 g/mol. The van der Waals surface area contributed by atoms with Crippen LogP contribution in [0, 0.1) is 12.8 Å². The summed E-state index contributed by atoms with van der Waals surface area (Å²) in [6, 6.07) is 13.8. The van der Waals surface area contributed by atoms with E-state index in [1.54, 1.807) is 25.5 Å². The van der Waals surface area contributed by atoms with E-state index in [9.17, 15) is 4.79 Å². The van der Waals surface area contributed by atoms with Crippen LogP contribution in [0.5, 0.6) is 0 Å². The first-order valence-corrected chi connectivity index (χ1v) is 10.8. The average Bonchev–Trinajstić information content (AvgIpc) is 2.81. The number of nitrogens with one attached hydrogen (secondary N) is 1. The molecule has 4 aromatic rings. The molecule has 6 heteroatoms. The molecule has 0 saturated heterocycles. The fraction of sp³-hybridized carbons (Fsp3) is 0.269. The van der Waals surface area contributed by atoms with E-state index in [0.29, 0.717) is 11.5 Å². The van der Waals surface area contributed by atoms with Crippen molar-refractivity contribution in [2.24, 2.45) is 5.92 Å². The zero-order chi connectivity index (χ0) is 22.7. The molecule has 0 saturated carbocycles. The summed E-state index contributed by atoms with van der Waals surface area (Å²) in [5.74, 6) is 1.39. The van der Waals surface area contributed by atoms with Gasteiger partial charge in [-0.15, -0.1) is 0 Å². The van der Waals surface area contributed by atoms with Crippen molar-refractivity contribution in [1.29, 1.82) is 0 Å². The normalized spacial score (nSPS) is 13.0. The molecule has 0 bridgehead atoms. The van der Waals surface area contributed by atoms with Crippen LogP contribution in [0.15, 0.2) is 61.2 Å². The maximum Gasteiger partial charge on any atom is 0.160 e. The molecule has 0 spiro atoms. The van der Waals surface area contributed by atoms with E-state index in [2.05, 4.69) is 45.2 Å². The van der Waals surface area contributed by atoms with Gasteiger partial charge in [0.25, 0.3) is 0 Å². The SMILES string of the molecule is CC(=O)c1ccnc2c(C(C)[C@H](C)CNc3cc(-c4ccc(C)nc4)ncn3)cccc12. The van der Waals surface area contributed by atoms with Crippen LogP contribution in [0.3, 0.4) is 0 Å². The smallest absolute Gasteiger partial charge is 0.160 e. The Morgan fingerprint density at radius 3 is 2.62 bits per heavy atom. The molecule has 1 N–H and O–H groups in total. The number of carbonyl (C=O) groups excluding carboxylic acids is 1. The van der Waals surface area contributed by atoms with E-state index in [4.69, 9.17) is 0 Å². The average molecular weight is 426 g/mol. The fourth-order valence-electron chi connectivity index (χ4n) is 3.85. The van der Waals surface area contributed by atoms with Crippen LogP contribution in [-0.2, 0) is 0 Å². The van der Waals surface area contributed by atoms with Crippen molar-refractivity contribution in [3.8, 4) is 11.3 Å². The third-order valence-corrected chi connectivity index (χ3v) is 6.01. The van der Waals surface area contributed by atoms with Crippen molar-refractivity contribution in [2.75, 3.05) is 11.9 Å². The van der Waals surface area contributed by atoms with Gasteiger partial charge in [0.05, 0.1) is 11.2 Å². The highest BCUT2D eigenvalue weighted by Crippen LogP contribution is 2.31. The molecule has 32 heavy (non-hydrogen) atoms. The lowest BCUT2D eigenvalue weighted by Crippen LogP contribution is -2.18. The topological polar surface area (TPSA) is 80.7 Å². The predicted octanol–water partition coefficient (Wildman–Crippen LogP) is 5.45. The highest BCUT2D eigenvalue weighted by Gasteiger charge is 2.19. The summed E-state index contributed by atoms with van der Waals surface area (Å²) >= 11 is 0. The second-order valence-electron chi connectivity index (χ2n) is 8.28. The number of para-hydroxylation sites is 1. The number of benzene rings is 1. The van der Waals surface area contributed by atoms with Crippen molar-refractivity contribution in [1.82, 2.24) is 19.9 Å².